The Hall–Kier alpha value is -7.48. The van der Waals surface area contributed by atoms with E-state index in [4.69, 9.17) is 0 Å². The summed E-state index contributed by atoms with van der Waals surface area (Å²) >= 11 is 0. The Bertz CT molecular complexity index is 2940. The first-order valence-corrected chi connectivity index (χ1v) is 20.1. The van der Waals surface area contributed by atoms with Crippen molar-refractivity contribution in [3.05, 3.63) is 259 Å². The van der Waals surface area contributed by atoms with Gasteiger partial charge in [-0.2, -0.15) is 0 Å². The lowest BCUT2D eigenvalue weighted by atomic mass is 9.65. The molecule has 0 atom stereocenters. The number of hydrogen-bond acceptors (Lipinski definition) is 1. The zero-order valence-electron chi connectivity index (χ0n) is 32.0. The van der Waals surface area contributed by atoms with E-state index in [-0.39, 0.29) is 0 Å². The average molecular weight is 738 g/mol. The second-order valence-corrected chi connectivity index (χ2v) is 15.2. The summed E-state index contributed by atoms with van der Waals surface area (Å²) < 4.78 is 0. The number of hydrogen-bond donors (Lipinski definition) is 0. The molecule has 272 valence electrons. The highest BCUT2D eigenvalue weighted by molar-refractivity contribution is 6.22. The summed E-state index contributed by atoms with van der Waals surface area (Å²) in [6.07, 6.45) is 0. The van der Waals surface area contributed by atoms with E-state index in [0.29, 0.717) is 0 Å². The second kappa shape index (κ2) is 13.9. The monoisotopic (exact) mass is 737 g/mol. The SMILES string of the molecule is c1ccc(N(c2ccccc2)c2ccc(-c3c4ccccc4c(-c4cccc5c4C(c4ccccc4)(c4ccccc4)c4ccccc4-5)c4ccccc34)cc2)cc1. The molecule has 0 saturated heterocycles. The highest BCUT2D eigenvalue weighted by Gasteiger charge is 2.47. The van der Waals surface area contributed by atoms with Gasteiger partial charge >= 0.3 is 0 Å². The molecule has 0 amide bonds. The number of nitrogens with zero attached hydrogens (tertiary/aromatic N) is 1. The molecule has 1 aliphatic rings. The average Bonchev–Trinajstić information content (AvgIpc) is 3.61. The van der Waals surface area contributed by atoms with Crippen LogP contribution >= 0.6 is 0 Å². The molecular weight excluding hydrogens is 699 g/mol. The van der Waals surface area contributed by atoms with Crippen LogP contribution in [0.3, 0.4) is 0 Å². The van der Waals surface area contributed by atoms with Crippen LogP contribution in [0.2, 0.25) is 0 Å². The van der Waals surface area contributed by atoms with Crippen LogP contribution < -0.4 is 4.90 Å². The van der Waals surface area contributed by atoms with Gasteiger partial charge in [0.2, 0.25) is 0 Å². The van der Waals surface area contributed by atoms with Crippen molar-refractivity contribution in [2.45, 2.75) is 5.41 Å². The highest BCUT2D eigenvalue weighted by Crippen LogP contribution is 2.60. The van der Waals surface area contributed by atoms with Crippen LogP contribution in [0.5, 0.6) is 0 Å². The molecule has 10 aromatic rings. The summed E-state index contributed by atoms with van der Waals surface area (Å²) in [5.41, 5.74) is 15.6. The fraction of sp³-hybridized carbons (Fsp3) is 0.0175. The standard InChI is InChI=1S/C57H39N/c1-5-20-41(21-6-1)57(42-22-7-2-8-23-42)53-35-18-17-28-46(53)51-33-19-34-52(56(51)57)55-49-31-15-13-29-47(49)54(48-30-14-16-32-50(48)55)40-36-38-45(39-37-40)58(43-24-9-3-10-25-43)44-26-11-4-12-27-44/h1-39H. The first-order valence-electron chi connectivity index (χ1n) is 20.1. The lowest BCUT2D eigenvalue weighted by molar-refractivity contribution is 0.770. The maximum absolute atomic E-state index is 2.37. The Balaban J connectivity index is 1.17. The number of benzene rings is 10. The zero-order valence-corrected chi connectivity index (χ0v) is 32.0. The molecule has 0 aromatic heterocycles. The molecule has 0 spiro atoms. The quantitative estimate of drug-likeness (QED) is 0.147. The molecule has 1 nitrogen and oxygen atoms in total. The Morgan fingerprint density at radius 2 is 0.672 bits per heavy atom. The molecule has 1 aliphatic carbocycles. The number of fused-ring (bicyclic) bond motifs is 5. The van der Waals surface area contributed by atoms with Gasteiger partial charge in [-0.05, 0) is 114 Å². The van der Waals surface area contributed by atoms with Gasteiger partial charge in [-0.15, -0.1) is 0 Å². The predicted molar refractivity (Wildman–Crippen MR) is 244 cm³/mol. The van der Waals surface area contributed by atoms with E-state index >= 15 is 0 Å². The van der Waals surface area contributed by atoms with Crippen molar-refractivity contribution in [2.24, 2.45) is 0 Å². The minimum absolute atomic E-state index is 0.523. The van der Waals surface area contributed by atoms with Crippen LogP contribution in [0.25, 0.3) is 54.9 Å². The lowest BCUT2D eigenvalue weighted by Gasteiger charge is -2.35. The van der Waals surface area contributed by atoms with Crippen LogP contribution in [-0.2, 0) is 5.41 Å². The number of anilines is 3. The van der Waals surface area contributed by atoms with Gasteiger partial charge in [0.15, 0.2) is 0 Å². The Kier molecular flexibility index (Phi) is 8.12. The molecule has 0 radical (unpaired) electrons. The highest BCUT2D eigenvalue weighted by atomic mass is 15.1. The molecule has 0 unspecified atom stereocenters. The Morgan fingerprint density at radius 1 is 0.276 bits per heavy atom. The predicted octanol–water partition coefficient (Wildman–Crippen LogP) is 15.2. The van der Waals surface area contributed by atoms with E-state index in [0.717, 1.165) is 17.1 Å². The van der Waals surface area contributed by atoms with Crippen molar-refractivity contribution >= 4 is 38.6 Å². The lowest BCUT2D eigenvalue weighted by Crippen LogP contribution is -2.29. The zero-order chi connectivity index (χ0) is 38.5. The van der Waals surface area contributed by atoms with Gasteiger partial charge < -0.3 is 4.90 Å². The molecule has 0 saturated carbocycles. The minimum atomic E-state index is -0.523. The van der Waals surface area contributed by atoms with Crippen LogP contribution in [-0.4, -0.2) is 0 Å². The van der Waals surface area contributed by atoms with Crippen molar-refractivity contribution in [1.82, 2.24) is 0 Å². The number of para-hydroxylation sites is 2. The molecule has 11 rings (SSSR count). The molecule has 0 bridgehead atoms. The van der Waals surface area contributed by atoms with Gasteiger partial charge in [0.25, 0.3) is 0 Å². The minimum Gasteiger partial charge on any atom is -0.311 e. The smallest absolute Gasteiger partial charge is 0.0719 e. The van der Waals surface area contributed by atoms with Crippen molar-refractivity contribution in [3.8, 4) is 33.4 Å². The molecule has 1 heteroatoms. The van der Waals surface area contributed by atoms with E-state index in [1.54, 1.807) is 0 Å². The van der Waals surface area contributed by atoms with E-state index < -0.39 is 5.41 Å². The van der Waals surface area contributed by atoms with E-state index in [1.807, 2.05) is 0 Å². The fourth-order valence-corrected chi connectivity index (χ4v) is 9.82. The maximum atomic E-state index is 2.37. The summed E-state index contributed by atoms with van der Waals surface area (Å²) in [5.74, 6) is 0. The normalized spacial score (nSPS) is 12.6. The third-order valence-electron chi connectivity index (χ3n) is 12.1. The van der Waals surface area contributed by atoms with Crippen LogP contribution in [0.15, 0.2) is 237 Å². The number of rotatable bonds is 7. The van der Waals surface area contributed by atoms with Gasteiger partial charge in [-0.1, -0.05) is 200 Å². The molecular formula is C57H39N. The summed E-state index contributed by atoms with van der Waals surface area (Å²) in [5, 5.41) is 4.97. The van der Waals surface area contributed by atoms with Gasteiger partial charge in [-0.3, -0.25) is 0 Å². The van der Waals surface area contributed by atoms with Crippen molar-refractivity contribution < 1.29 is 0 Å². The van der Waals surface area contributed by atoms with Gasteiger partial charge in [0.05, 0.1) is 5.41 Å². The molecule has 0 aliphatic heterocycles. The molecule has 10 aromatic carbocycles. The molecule has 0 N–H and O–H groups in total. The third-order valence-corrected chi connectivity index (χ3v) is 12.1. The van der Waals surface area contributed by atoms with Crippen LogP contribution in [0.4, 0.5) is 17.1 Å². The fourth-order valence-electron chi connectivity index (χ4n) is 9.82. The van der Waals surface area contributed by atoms with E-state index in [9.17, 15) is 0 Å². The molecule has 58 heavy (non-hydrogen) atoms. The van der Waals surface area contributed by atoms with E-state index in [2.05, 4.69) is 241 Å². The van der Waals surface area contributed by atoms with Crippen molar-refractivity contribution in [2.75, 3.05) is 4.90 Å². The maximum Gasteiger partial charge on any atom is 0.0719 e. The van der Waals surface area contributed by atoms with Crippen LogP contribution in [0.1, 0.15) is 22.3 Å². The first-order chi connectivity index (χ1) is 28.8. The Labute approximate surface area is 339 Å². The summed E-state index contributed by atoms with van der Waals surface area (Å²) in [6, 6.07) is 86.7. The topological polar surface area (TPSA) is 3.24 Å². The summed E-state index contributed by atoms with van der Waals surface area (Å²) in [6.45, 7) is 0. The van der Waals surface area contributed by atoms with Crippen molar-refractivity contribution in [3.63, 3.8) is 0 Å². The second-order valence-electron chi connectivity index (χ2n) is 15.2. The Morgan fingerprint density at radius 3 is 1.21 bits per heavy atom. The summed E-state index contributed by atoms with van der Waals surface area (Å²) in [7, 11) is 0. The van der Waals surface area contributed by atoms with E-state index in [1.165, 1.54) is 77.2 Å². The van der Waals surface area contributed by atoms with Crippen molar-refractivity contribution in [1.29, 1.82) is 0 Å². The third kappa shape index (κ3) is 5.17. The molecule has 0 heterocycles. The van der Waals surface area contributed by atoms with Crippen LogP contribution in [0, 0.1) is 0 Å². The van der Waals surface area contributed by atoms with Gasteiger partial charge in [-0.25, -0.2) is 0 Å². The largest absolute Gasteiger partial charge is 0.311 e. The molecule has 0 fully saturated rings. The first kappa shape index (κ1) is 33.8. The van der Waals surface area contributed by atoms with Gasteiger partial charge in [0.1, 0.15) is 0 Å². The van der Waals surface area contributed by atoms with Gasteiger partial charge in [0, 0.05) is 17.1 Å². The summed E-state index contributed by atoms with van der Waals surface area (Å²) in [4.78, 5) is 2.32.